The molecule has 0 spiro atoms. The van der Waals surface area contributed by atoms with Gasteiger partial charge >= 0.3 is 0 Å². The Labute approximate surface area is 156 Å². The van der Waals surface area contributed by atoms with Crippen molar-refractivity contribution in [2.24, 2.45) is 0 Å². The number of hydrogen-bond acceptors (Lipinski definition) is 3. The van der Waals surface area contributed by atoms with E-state index in [1.807, 2.05) is 42.3 Å². The van der Waals surface area contributed by atoms with E-state index in [1.165, 1.54) is 5.56 Å². The number of nitrogens with one attached hydrogen (secondary N) is 1. The third-order valence-electron chi connectivity index (χ3n) is 3.99. The van der Waals surface area contributed by atoms with Crippen LogP contribution in [0.1, 0.15) is 17.5 Å². The summed E-state index contributed by atoms with van der Waals surface area (Å²) in [5, 5.41) is 3.04. The van der Waals surface area contributed by atoms with Gasteiger partial charge in [0.25, 0.3) is 0 Å². The molecular formula is C20H27ClN2O2. The molecule has 0 saturated carbocycles. The zero-order valence-electron chi connectivity index (χ0n) is 14.9. The van der Waals surface area contributed by atoms with Gasteiger partial charge in [-0.1, -0.05) is 42.5 Å². The Morgan fingerprint density at radius 2 is 1.72 bits per heavy atom. The molecule has 136 valence electrons. The smallest absolute Gasteiger partial charge is 0.224 e. The molecule has 0 fully saturated rings. The summed E-state index contributed by atoms with van der Waals surface area (Å²) in [5.74, 6) is 1.03. The molecule has 0 bridgehead atoms. The van der Waals surface area contributed by atoms with Crippen molar-refractivity contribution in [3.8, 4) is 5.75 Å². The molecule has 4 nitrogen and oxygen atoms in total. The number of benzene rings is 2. The highest BCUT2D eigenvalue weighted by molar-refractivity contribution is 5.85. The summed E-state index contributed by atoms with van der Waals surface area (Å²) in [4.78, 5) is 14.4. The minimum Gasteiger partial charge on any atom is -0.497 e. The van der Waals surface area contributed by atoms with Crippen molar-refractivity contribution in [1.82, 2.24) is 10.2 Å². The standard InChI is InChI=1S/C20H26N2O2.ClH/c1-21-14-12-20(23)22(16-18-6-4-3-5-7-18)15-13-17-8-10-19(24-2)11-9-17;/h3-11,21H,12-16H2,1-2H3;1H. The highest BCUT2D eigenvalue weighted by atomic mass is 35.5. The molecule has 0 heterocycles. The highest BCUT2D eigenvalue weighted by Crippen LogP contribution is 2.13. The van der Waals surface area contributed by atoms with Gasteiger partial charge in [-0.3, -0.25) is 4.79 Å². The van der Waals surface area contributed by atoms with Gasteiger partial charge in [0.2, 0.25) is 5.91 Å². The first-order valence-electron chi connectivity index (χ1n) is 8.32. The van der Waals surface area contributed by atoms with Crippen molar-refractivity contribution >= 4 is 18.3 Å². The second kappa shape index (κ2) is 11.5. The molecule has 0 saturated heterocycles. The molecule has 2 aromatic rings. The van der Waals surface area contributed by atoms with Gasteiger partial charge in [0, 0.05) is 26.1 Å². The minimum absolute atomic E-state index is 0. The van der Waals surface area contributed by atoms with Crippen LogP contribution < -0.4 is 10.1 Å². The third-order valence-corrected chi connectivity index (χ3v) is 3.99. The molecule has 0 aliphatic heterocycles. The molecule has 0 aliphatic carbocycles. The lowest BCUT2D eigenvalue weighted by Crippen LogP contribution is -2.34. The first-order chi connectivity index (χ1) is 11.7. The molecule has 0 aliphatic rings. The fourth-order valence-corrected chi connectivity index (χ4v) is 2.54. The number of rotatable bonds is 9. The van der Waals surface area contributed by atoms with E-state index in [9.17, 15) is 4.79 Å². The Balaban J connectivity index is 0.00000312. The van der Waals surface area contributed by atoms with Crippen LogP contribution in [-0.2, 0) is 17.8 Å². The summed E-state index contributed by atoms with van der Waals surface area (Å²) >= 11 is 0. The first-order valence-corrected chi connectivity index (χ1v) is 8.32. The Morgan fingerprint density at radius 3 is 2.32 bits per heavy atom. The van der Waals surface area contributed by atoms with Crippen LogP contribution >= 0.6 is 12.4 Å². The third kappa shape index (κ3) is 7.16. The molecule has 2 aromatic carbocycles. The maximum Gasteiger partial charge on any atom is 0.224 e. The molecule has 0 unspecified atom stereocenters. The van der Waals surface area contributed by atoms with Crippen molar-refractivity contribution in [3.05, 3.63) is 65.7 Å². The summed E-state index contributed by atoms with van der Waals surface area (Å²) in [6.45, 7) is 2.07. The van der Waals surface area contributed by atoms with Crippen molar-refractivity contribution in [1.29, 1.82) is 0 Å². The van der Waals surface area contributed by atoms with Gasteiger partial charge < -0.3 is 15.0 Å². The van der Waals surface area contributed by atoms with Crippen molar-refractivity contribution in [2.45, 2.75) is 19.4 Å². The number of methoxy groups -OCH3 is 1. The molecule has 0 aromatic heterocycles. The van der Waals surface area contributed by atoms with Crippen molar-refractivity contribution in [3.63, 3.8) is 0 Å². The van der Waals surface area contributed by atoms with Gasteiger partial charge in [-0.25, -0.2) is 0 Å². The van der Waals surface area contributed by atoms with Crippen LogP contribution in [0.5, 0.6) is 5.75 Å². The predicted octanol–water partition coefficient (Wildman–Crippen LogP) is 3.30. The van der Waals surface area contributed by atoms with E-state index in [4.69, 9.17) is 4.74 Å². The van der Waals surface area contributed by atoms with Crippen LogP contribution in [0.4, 0.5) is 0 Å². The summed E-state index contributed by atoms with van der Waals surface area (Å²) in [7, 11) is 3.53. The number of halogens is 1. The summed E-state index contributed by atoms with van der Waals surface area (Å²) < 4.78 is 5.18. The van der Waals surface area contributed by atoms with Crippen LogP contribution in [-0.4, -0.2) is 38.1 Å². The number of carbonyl (C=O) groups is 1. The SMILES string of the molecule is CNCCC(=O)N(CCc1ccc(OC)cc1)Cc1ccccc1.Cl. The minimum atomic E-state index is 0. The first kappa shape index (κ1) is 21.0. The quantitative estimate of drug-likeness (QED) is 0.744. The van der Waals surface area contributed by atoms with Crippen LogP contribution in [0.2, 0.25) is 0 Å². The van der Waals surface area contributed by atoms with Crippen LogP contribution in [0, 0.1) is 0 Å². The summed E-state index contributed by atoms with van der Waals surface area (Å²) in [6.07, 6.45) is 1.36. The van der Waals surface area contributed by atoms with Crippen molar-refractivity contribution < 1.29 is 9.53 Å². The van der Waals surface area contributed by atoms with Gasteiger partial charge in [-0.15, -0.1) is 12.4 Å². The maximum absolute atomic E-state index is 12.5. The largest absolute Gasteiger partial charge is 0.497 e. The zero-order chi connectivity index (χ0) is 17.2. The molecule has 1 N–H and O–H groups in total. The van der Waals surface area contributed by atoms with Crippen LogP contribution in [0.3, 0.4) is 0 Å². The number of carbonyl (C=O) groups excluding carboxylic acids is 1. The molecule has 25 heavy (non-hydrogen) atoms. The fraction of sp³-hybridized carbons (Fsp3) is 0.350. The molecule has 0 atom stereocenters. The van der Waals surface area contributed by atoms with E-state index in [2.05, 4.69) is 29.6 Å². The van der Waals surface area contributed by atoms with Crippen LogP contribution in [0.25, 0.3) is 0 Å². The number of hydrogen-bond donors (Lipinski definition) is 1. The lowest BCUT2D eigenvalue weighted by Gasteiger charge is -2.23. The lowest BCUT2D eigenvalue weighted by atomic mass is 10.1. The monoisotopic (exact) mass is 362 g/mol. The average molecular weight is 363 g/mol. The van der Waals surface area contributed by atoms with E-state index >= 15 is 0 Å². The molecule has 0 radical (unpaired) electrons. The van der Waals surface area contributed by atoms with Gasteiger partial charge in [0.1, 0.15) is 5.75 Å². The Morgan fingerprint density at radius 1 is 1.04 bits per heavy atom. The predicted molar refractivity (Wildman–Crippen MR) is 104 cm³/mol. The van der Waals surface area contributed by atoms with E-state index in [0.29, 0.717) is 26.1 Å². The average Bonchev–Trinajstić information content (AvgIpc) is 2.64. The van der Waals surface area contributed by atoms with Gasteiger partial charge in [0.15, 0.2) is 0 Å². The van der Waals surface area contributed by atoms with E-state index in [1.54, 1.807) is 7.11 Å². The highest BCUT2D eigenvalue weighted by Gasteiger charge is 2.13. The van der Waals surface area contributed by atoms with Gasteiger partial charge in [-0.2, -0.15) is 0 Å². The van der Waals surface area contributed by atoms with Gasteiger partial charge in [-0.05, 0) is 36.7 Å². The van der Waals surface area contributed by atoms with Crippen molar-refractivity contribution in [2.75, 3.05) is 27.2 Å². The summed E-state index contributed by atoms with van der Waals surface area (Å²) in [5.41, 5.74) is 2.36. The molecule has 5 heteroatoms. The molecule has 2 rings (SSSR count). The Hall–Kier alpha value is -2.04. The zero-order valence-corrected chi connectivity index (χ0v) is 15.7. The van der Waals surface area contributed by atoms with E-state index < -0.39 is 0 Å². The topological polar surface area (TPSA) is 41.6 Å². The Kier molecular flexibility index (Phi) is 9.66. The Bertz CT molecular complexity index is 617. The fourth-order valence-electron chi connectivity index (χ4n) is 2.54. The maximum atomic E-state index is 12.5. The van der Waals surface area contributed by atoms with Gasteiger partial charge in [0.05, 0.1) is 7.11 Å². The van der Waals surface area contributed by atoms with E-state index in [-0.39, 0.29) is 18.3 Å². The second-order valence-corrected chi connectivity index (χ2v) is 5.75. The van der Waals surface area contributed by atoms with Crippen LogP contribution in [0.15, 0.2) is 54.6 Å². The number of nitrogens with zero attached hydrogens (tertiary/aromatic N) is 1. The lowest BCUT2D eigenvalue weighted by molar-refractivity contribution is -0.131. The summed E-state index contributed by atoms with van der Waals surface area (Å²) in [6, 6.07) is 18.2. The number of ether oxygens (including phenoxy) is 1. The second-order valence-electron chi connectivity index (χ2n) is 5.75. The molecule has 1 amide bonds. The molecular weight excluding hydrogens is 336 g/mol. The van der Waals surface area contributed by atoms with E-state index in [0.717, 1.165) is 17.7 Å². The number of amides is 1. The normalized spacial score (nSPS) is 10.0.